The van der Waals surface area contributed by atoms with Gasteiger partial charge in [-0.1, -0.05) is 93.1 Å². The topological polar surface area (TPSA) is 83.5 Å². The first-order chi connectivity index (χ1) is 24.4. The van der Waals surface area contributed by atoms with Crippen molar-refractivity contribution in [2.45, 2.75) is 52.4 Å². The Morgan fingerprint density at radius 1 is 0.640 bits per heavy atom. The van der Waals surface area contributed by atoms with Crippen molar-refractivity contribution in [3.8, 4) is 22.6 Å². The number of ether oxygens (including phenoxy) is 5. The zero-order valence-corrected chi connectivity index (χ0v) is 30.3. The molecule has 0 unspecified atom stereocenters. The van der Waals surface area contributed by atoms with Crippen LogP contribution in [0.15, 0.2) is 109 Å². The molecule has 0 saturated heterocycles. The van der Waals surface area contributed by atoms with Crippen molar-refractivity contribution in [2.75, 3.05) is 45.5 Å². The van der Waals surface area contributed by atoms with Crippen LogP contribution in [-0.4, -0.2) is 56.6 Å². The molecule has 0 amide bonds. The van der Waals surface area contributed by atoms with Crippen molar-refractivity contribution in [3.63, 3.8) is 0 Å². The molecule has 4 aromatic carbocycles. The van der Waals surface area contributed by atoms with E-state index >= 15 is 0 Å². The van der Waals surface area contributed by atoms with Gasteiger partial charge in [-0.05, 0) is 77.9 Å². The Kier molecular flexibility index (Phi) is 15.1. The van der Waals surface area contributed by atoms with E-state index in [4.69, 9.17) is 40.4 Å². The molecule has 0 bridgehead atoms. The first-order valence-corrected chi connectivity index (χ1v) is 17.8. The van der Waals surface area contributed by atoms with Gasteiger partial charge in [0.25, 0.3) is 0 Å². The zero-order chi connectivity index (χ0) is 35.8. The fourth-order valence-electron chi connectivity index (χ4n) is 5.95. The number of benzene rings is 4. The maximum Gasteiger partial charge on any atom is 0.341 e. The molecule has 0 fully saturated rings. The maximum atomic E-state index is 10.6. The molecule has 8 heteroatoms. The van der Waals surface area contributed by atoms with Crippen LogP contribution in [0, 0.1) is 0 Å². The number of carboxylic acid groups (broad SMARTS) is 1. The second-order valence-corrected chi connectivity index (χ2v) is 12.3. The number of hydrogen-bond donors (Lipinski definition) is 1. The highest BCUT2D eigenvalue weighted by atomic mass is 35.5. The summed E-state index contributed by atoms with van der Waals surface area (Å²) in [6.07, 6.45) is 2.78. The van der Waals surface area contributed by atoms with E-state index in [2.05, 4.69) is 98.8 Å². The fourth-order valence-corrected chi connectivity index (χ4v) is 6.06. The van der Waals surface area contributed by atoms with Gasteiger partial charge in [0.2, 0.25) is 0 Å². The van der Waals surface area contributed by atoms with Crippen LogP contribution in [0.5, 0.6) is 11.5 Å². The van der Waals surface area contributed by atoms with Crippen molar-refractivity contribution in [1.82, 2.24) is 0 Å². The summed E-state index contributed by atoms with van der Waals surface area (Å²) in [6, 6.07) is 34.2. The van der Waals surface area contributed by atoms with E-state index in [1.807, 2.05) is 12.1 Å². The Bertz CT molecular complexity index is 1620. The smallest absolute Gasteiger partial charge is 0.341 e. The van der Waals surface area contributed by atoms with Crippen molar-refractivity contribution in [1.29, 1.82) is 0 Å². The number of rotatable bonds is 18. The molecular formula is C42H49ClO7. The van der Waals surface area contributed by atoms with E-state index in [9.17, 15) is 4.79 Å². The summed E-state index contributed by atoms with van der Waals surface area (Å²) >= 11 is 5.85. The highest BCUT2D eigenvalue weighted by molar-refractivity contribution is 6.17. The van der Waals surface area contributed by atoms with Crippen molar-refractivity contribution < 1.29 is 33.6 Å². The van der Waals surface area contributed by atoms with E-state index < -0.39 is 18.0 Å². The summed E-state index contributed by atoms with van der Waals surface area (Å²) in [6.45, 7) is 9.65. The molecule has 0 spiro atoms. The molecular weight excluding hydrogens is 652 g/mol. The third-order valence-corrected chi connectivity index (χ3v) is 8.50. The van der Waals surface area contributed by atoms with Crippen LogP contribution in [0.3, 0.4) is 0 Å². The van der Waals surface area contributed by atoms with Crippen LogP contribution >= 0.6 is 11.6 Å². The lowest BCUT2D eigenvalue weighted by molar-refractivity contribution is -0.140. The summed E-state index contributed by atoms with van der Waals surface area (Å²) in [5.41, 5.74) is 6.82. The summed E-state index contributed by atoms with van der Waals surface area (Å²) in [5, 5.41) is 8.72. The molecule has 1 N–H and O–H groups in total. The monoisotopic (exact) mass is 700 g/mol. The minimum Gasteiger partial charge on any atom is -0.494 e. The number of allylic oxidation sites excluding steroid dienone is 2. The largest absolute Gasteiger partial charge is 0.494 e. The van der Waals surface area contributed by atoms with Gasteiger partial charge in [0.1, 0.15) is 29.6 Å². The lowest BCUT2D eigenvalue weighted by Gasteiger charge is -2.34. The molecule has 0 radical (unpaired) electrons. The van der Waals surface area contributed by atoms with Gasteiger partial charge in [-0.2, -0.15) is 0 Å². The average Bonchev–Trinajstić information content (AvgIpc) is 3.43. The zero-order valence-electron chi connectivity index (χ0n) is 29.6. The lowest BCUT2D eigenvalue weighted by Crippen LogP contribution is -2.28. The third kappa shape index (κ3) is 9.61. The number of fused-ring (bicyclic) bond motifs is 3. The van der Waals surface area contributed by atoms with E-state index in [0.717, 1.165) is 29.9 Å². The van der Waals surface area contributed by atoms with Gasteiger partial charge >= 0.3 is 5.97 Å². The summed E-state index contributed by atoms with van der Waals surface area (Å²) in [4.78, 5) is 10.6. The predicted octanol–water partition coefficient (Wildman–Crippen LogP) is 9.63. The van der Waals surface area contributed by atoms with Crippen LogP contribution in [0.25, 0.3) is 11.1 Å². The van der Waals surface area contributed by atoms with E-state index in [1.165, 1.54) is 34.2 Å². The lowest BCUT2D eigenvalue weighted by atomic mass is 9.68. The molecule has 1 aliphatic rings. The van der Waals surface area contributed by atoms with Crippen molar-refractivity contribution in [3.05, 3.63) is 131 Å². The summed E-state index contributed by atoms with van der Waals surface area (Å²) in [5.74, 6) is 2.16. The van der Waals surface area contributed by atoms with Gasteiger partial charge in [0.05, 0.1) is 25.2 Å². The molecule has 7 nitrogen and oxygen atoms in total. The van der Waals surface area contributed by atoms with Crippen LogP contribution in [0.4, 0.5) is 0 Å². The quantitative estimate of drug-likeness (QED) is 0.0554. The number of alkyl halides is 1. The second-order valence-electron chi connectivity index (χ2n) is 11.9. The normalized spacial score (nSPS) is 12.8. The van der Waals surface area contributed by atoms with E-state index in [1.54, 1.807) is 13.8 Å². The number of carboxylic acids is 1. The Morgan fingerprint density at radius 3 is 1.62 bits per heavy atom. The Morgan fingerprint density at radius 2 is 1.12 bits per heavy atom. The molecule has 266 valence electrons. The average molecular weight is 701 g/mol. The number of hydrogen-bond acceptors (Lipinski definition) is 6. The molecule has 0 aromatic heterocycles. The van der Waals surface area contributed by atoms with Crippen molar-refractivity contribution >= 4 is 17.6 Å². The number of aliphatic carboxylic acids is 1. The first kappa shape index (κ1) is 38.3. The first-order valence-electron chi connectivity index (χ1n) is 17.3. The minimum atomic E-state index is -1.03. The molecule has 0 atom stereocenters. The molecule has 4 aromatic rings. The predicted molar refractivity (Wildman–Crippen MR) is 199 cm³/mol. The standard InChI is InChI=1S/C39H41ClO7.C3H8/c1-28(29(2)47-27-38(41)42)44-26-25-43-22-8-24-46-33-19-15-31(16-20-33)39(30-13-17-32(18-14-30)45-23-7-21-40)36-11-5-3-9-34(36)35-10-4-6-12-37(35)39;1-3-2/h3-6,9-20H,7-8,21-27H2,1-2H3,(H,41,42);3H2,1-2H3. The Balaban J connectivity index is 0.00000181. The minimum absolute atomic E-state index is 0.347. The highest BCUT2D eigenvalue weighted by Crippen LogP contribution is 2.56. The van der Waals surface area contributed by atoms with E-state index in [0.29, 0.717) is 50.4 Å². The third-order valence-electron chi connectivity index (χ3n) is 8.23. The summed E-state index contributed by atoms with van der Waals surface area (Å²) < 4.78 is 28.4. The molecule has 0 aliphatic heterocycles. The van der Waals surface area contributed by atoms with Gasteiger partial charge in [0.15, 0.2) is 6.61 Å². The van der Waals surface area contributed by atoms with E-state index in [-0.39, 0.29) is 0 Å². The molecule has 0 heterocycles. The van der Waals surface area contributed by atoms with Gasteiger partial charge < -0.3 is 28.8 Å². The van der Waals surface area contributed by atoms with Crippen LogP contribution < -0.4 is 9.47 Å². The van der Waals surface area contributed by atoms with Gasteiger partial charge in [0, 0.05) is 18.9 Å². The van der Waals surface area contributed by atoms with Crippen molar-refractivity contribution in [2.24, 2.45) is 0 Å². The van der Waals surface area contributed by atoms with Crippen LogP contribution in [0.1, 0.15) is 69.2 Å². The summed E-state index contributed by atoms with van der Waals surface area (Å²) in [7, 11) is 0. The SMILES string of the molecule is CC(OCCOCCCOc1ccc(C2(c3ccc(OCCCCl)cc3)c3ccccc3-c3ccccc32)cc1)=C(C)OCC(=O)O.CCC. The van der Waals surface area contributed by atoms with Crippen LogP contribution in [-0.2, 0) is 24.4 Å². The second kappa shape index (κ2) is 19.7. The van der Waals surface area contributed by atoms with Gasteiger partial charge in [-0.25, -0.2) is 4.79 Å². The fraction of sp³-hybridized carbons (Fsp3) is 0.357. The van der Waals surface area contributed by atoms with Gasteiger partial charge in [-0.15, -0.1) is 11.6 Å². The molecule has 0 saturated carbocycles. The molecule has 1 aliphatic carbocycles. The van der Waals surface area contributed by atoms with Gasteiger partial charge in [-0.3, -0.25) is 0 Å². The van der Waals surface area contributed by atoms with Crippen LogP contribution in [0.2, 0.25) is 0 Å². The Labute approximate surface area is 301 Å². The maximum absolute atomic E-state index is 10.6. The number of carbonyl (C=O) groups is 1. The Hall–Kier alpha value is -4.46. The molecule has 5 rings (SSSR count). The number of halogens is 1. The molecule has 50 heavy (non-hydrogen) atoms. The highest BCUT2D eigenvalue weighted by Gasteiger charge is 2.45.